The van der Waals surface area contributed by atoms with Crippen LogP contribution in [0.4, 0.5) is 0 Å². The molecule has 2 rings (SSSR count). The zero-order valence-electron chi connectivity index (χ0n) is 17.6. The van der Waals surface area contributed by atoms with Gasteiger partial charge in [0.05, 0.1) is 6.04 Å². The van der Waals surface area contributed by atoms with Crippen LogP contribution >= 0.6 is 11.9 Å². The lowest BCUT2D eigenvalue weighted by atomic mass is 10.0. The van der Waals surface area contributed by atoms with Gasteiger partial charge in [0.25, 0.3) is 11.8 Å². The molecule has 2 N–H and O–H groups in total. The highest BCUT2D eigenvalue weighted by Crippen LogP contribution is 2.21. The van der Waals surface area contributed by atoms with Gasteiger partial charge >= 0.3 is 0 Å². The lowest BCUT2D eigenvalue weighted by Gasteiger charge is -2.18. The van der Waals surface area contributed by atoms with Crippen LogP contribution in [0.2, 0.25) is 0 Å². The van der Waals surface area contributed by atoms with Gasteiger partial charge in [-0.2, -0.15) is 10.4 Å². The van der Waals surface area contributed by atoms with Crippen molar-refractivity contribution in [3.63, 3.8) is 0 Å². The molecule has 30 heavy (non-hydrogen) atoms. The van der Waals surface area contributed by atoms with Crippen LogP contribution in [0.25, 0.3) is 0 Å². The number of carbonyl (C=O) groups excluding carboxylic acids is 2. The van der Waals surface area contributed by atoms with Crippen molar-refractivity contribution in [3.05, 3.63) is 47.0 Å². The maximum absolute atomic E-state index is 12.5. The highest BCUT2D eigenvalue weighted by atomic mass is 32.2. The lowest BCUT2D eigenvalue weighted by Crippen LogP contribution is -2.30. The third-order valence-corrected chi connectivity index (χ3v) is 5.28. The van der Waals surface area contributed by atoms with Crippen molar-refractivity contribution in [1.82, 2.24) is 15.5 Å². The number of hydrogen-bond donors (Lipinski definition) is 2. The molecule has 2 unspecified atom stereocenters. The van der Waals surface area contributed by atoms with Crippen molar-refractivity contribution in [2.24, 2.45) is 9.63 Å². The van der Waals surface area contributed by atoms with Crippen LogP contribution in [0.1, 0.15) is 41.7 Å². The Morgan fingerprint density at radius 2 is 2.10 bits per heavy atom. The molecule has 0 fully saturated rings. The predicted molar refractivity (Wildman–Crippen MR) is 118 cm³/mol. The van der Waals surface area contributed by atoms with E-state index in [1.165, 1.54) is 11.9 Å². The van der Waals surface area contributed by atoms with Gasteiger partial charge in [0, 0.05) is 17.9 Å². The molecule has 0 spiro atoms. The lowest BCUT2D eigenvalue weighted by molar-refractivity contribution is -0.117. The predicted octanol–water partition coefficient (Wildman–Crippen LogP) is 2.87. The van der Waals surface area contributed by atoms with Crippen molar-refractivity contribution in [1.29, 1.82) is 5.26 Å². The molecule has 1 aliphatic rings. The summed E-state index contributed by atoms with van der Waals surface area (Å²) in [6.45, 7) is 3.49. The minimum atomic E-state index is -0.431. The normalized spacial score (nSPS) is 16.9. The first-order valence-electron chi connectivity index (χ1n) is 9.92. The van der Waals surface area contributed by atoms with Crippen LogP contribution in [0, 0.1) is 11.3 Å². The third-order valence-electron chi connectivity index (χ3n) is 4.58. The fourth-order valence-corrected chi connectivity index (χ4v) is 3.47. The van der Waals surface area contributed by atoms with Gasteiger partial charge in [-0.1, -0.05) is 19.1 Å². The number of carbonyl (C=O) groups is 2. The molecule has 8 nitrogen and oxygen atoms in total. The van der Waals surface area contributed by atoms with Crippen LogP contribution in [0.5, 0.6) is 0 Å². The average Bonchev–Trinajstić information content (AvgIpc) is 3.26. The summed E-state index contributed by atoms with van der Waals surface area (Å²) >= 11 is 1.31. The number of amides is 2. The van der Waals surface area contributed by atoms with E-state index in [4.69, 9.17) is 0 Å². The standard InChI is InChI=1S/C21H28N6O2S/c1-4-19(24-21(29)17(13-22)12-18-14-30-26-25-18)15-6-8-16(9-7-15)20(28)23-10-5-11-27(2)3/h6-9,12,18-19H,4-5,10-11,14H2,1-3H3,(H,23,28)(H,24,29)/b17-12+. The van der Waals surface area contributed by atoms with Gasteiger partial charge in [0.2, 0.25) is 0 Å². The third kappa shape index (κ3) is 7.28. The van der Waals surface area contributed by atoms with Crippen LogP contribution in [0.3, 0.4) is 0 Å². The van der Waals surface area contributed by atoms with Gasteiger partial charge in [-0.25, -0.2) is 0 Å². The minimum Gasteiger partial charge on any atom is -0.352 e. The molecule has 0 aliphatic carbocycles. The van der Waals surface area contributed by atoms with Crippen molar-refractivity contribution >= 4 is 23.8 Å². The Labute approximate surface area is 181 Å². The van der Waals surface area contributed by atoms with E-state index in [0.29, 0.717) is 24.3 Å². The van der Waals surface area contributed by atoms with Crippen molar-refractivity contribution in [2.75, 3.05) is 32.9 Å². The Kier molecular flexibility index (Phi) is 9.51. The highest BCUT2D eigenvalue weighted by Gasteiger charge is 2.19. The number of benzene rings is 1. The summed E-state index contributed by atoms with van der Waals surface area (Å²) in [6, 6.07) is 8.62. The maximum Gasteiger partial charge on any atom is 0.262 e. The van der Waals surface area contributed by atoms with E-state index in [1.54, 1.807) is 18.2 Å². The molecule has 0 saturated heterocycles. The monoisotopic (exact) mass is 428 g/mol. The largest absolute Gasteiger partial charge is 0.352 e. The topological polar surface area (TPSA) is 110 Å². The number of nitrogens with one attached hydrogen (secondary N) is 2. The quantitative estimate of drug-likeness (QED) is 0.258. The number of rotatable bonds is 10. The average molecular weight is 429 g/mol. The van der Waals surface area contributed by atoms with Gasteiger partial charge in [0.15, 0.2) is 0 Å². The Bertz CT molecular complexity index is 829. The van der Waals surface area contributed by atoms with Gasteiger partial charge in [0.1, 0.15) is 17.7 Å². The summed E-state index contributed by atoms with van der Waals surface area (Å²) in [6.07, 6.45) is 3.09. The van der Waals surface area contributed by atoms with Gasteiger partial charge in [-0.3, -0.25) is 9.59 Å². The van der Waals surface area contributed by atoms with Crippen molar-refractivity contribution < 1.29 is 9.59 Å². The fourth-order valence-electron chi connectivity index (χ4n) is 2.90. The Morgan fingerprint density at radius 3 is 2.67 bits per heavy atom. The van der Waals surface area contributed by atoms with Gasteiger partial charge < -0.3 is 15.5 Å². The van der Waals surface area contributed by atoms with Crippen LogP contribution in [0.15, 0.2) is 45.5 Å². The first kappa shape index (κ1) is 23.6. The highest BCUT2D eigenvalue weighted by molar-refractivity contribution is 7.98. The molecule has 0 aromatic heterocycles. The van der Waals surface area contributed by atoms with Crippen molar-refractivity contribution in [3.8, 4) is 6.07 Å². The second-order valence-electron chi connectivity index (χ2n) is 7.22. The summed E-state index contributed by atoms with van der Waals surface area (Å²) in [7, 11) is 4.00. The second-order valence-corrected chi connectivity index (χ2v) is 7.98. The van der Waals surface area contributed by atoms with E-state index < -0.39 is 5.91 Å². The van der Waals surface area contributed by atoms with Gasteiger partial charge in [-0.15, -0.1) is 4.52 Å². The summed E-state index contributed by atoms with van der Waals surface area (Å²) < 4.78 is 3.81. The van der Waals surface area contributed by atoms with Crippen LogP contribution in [-0.2, 0) is 4.79 Å². The molecule has 2 atom stereocenters. The second kappa shape index (κ2) is 12.1. The molecular weight excluding hydrogens is 400 g/mol. The molecule has 0 bridgehead atoms. The summed E-state index contributed by atoms with van der Waals surface area (Å²) in [5, 5.41) is 19.1. The molecule has 0 radical (unpaired) electrons. The van der Waals surface area contributed by atoms with E-state index >= 15 is 0 Å². The molecule has 160 valence electrons. The van der Waals surface area contributed by atoms with Crippen LogP contribution in [-0.4, -0.2) is 55.7 Å². The van der Waals surface area contributed by atoms with E-state index in [0.717, 1.165) is 18.5 Å². The number of nitrogens with zero attached hydrogens (tertiary/aromatic N) is 4. The fraction of sp³-hybridized carbons (Fsp3) is 0.476. The molecule has 0 saturated carbocycles. The summed E-state index contributed by atoms with van der Waals surface area (Å²) in [4.78, 5) is 26.9. The smallest absolute Gasteiger partial charge is 0.262 e. The van der Waals surface area contributed by atoms with Crippen LogP contribution < -0.4 is 10.6 Å². The Balaban J connectivity index is 1.96. The Morgan fingerprint density at radius 1 is 1.37 bits per heavy atom. The van der Waals surface area contributed by atoms with E-state index in [-0.39, 0.29) is 23.6 Å². The molecule has 1 aromatic rings. The molecule has 9 heteroatoms. The van der Waals surface area contributed by atoms with E-state index in [9.17, 15) is 14.9 Å². The molecular formula is C21H28N6O2S. The zero-order valence-corrected chi connectivity index (χ0v) is 18.4. The molecule has 1 aliphatic heterocycles. The number of nitriles is 1. The summed E-state index contributed by atoms with van der Waals surface area (Å²) in [5.74, 6) is 0.0868. The van der Waals surface area contributed by atoms with Crippen molar-refractivity contribution in [2.45, 2.75) is 31.8 Å². The maximum atomic E-state index is 12.5. The Hall–Kier alpha value is -2.70. The first-order chi connectivity index (χ1) is 14.4. The molecule has 2 amide bonds. The minimum absolute atomic E-state index is 0.0358. The summed E-state index contributed by atoms with van der Waals surface area (Å²) in [5.41, 5.74) is 1.49. The SMILES string of the molecule is CCC(NC(=O)/C(C#N)=C/C1CSN=N1)c1ccc(C(=O)NCCCN(C)C)cc1. The van der Waals surface area contributed by atoms with E-state index in [1.807, 2.05) is 39.2 Å². The molecule has 1 heterocycles. The number of hydrogen-bond acceptors (Lipinski definition) is 7. The molecule has 1 aromatic carbocycles. The van der Waals surface area contributed by atoms with E-state index in [2.05, 4.69) is 25.2 Å². The zero-order chi connectivity index (χ0) is 21.9. The first-order valence-corrected chi connectivity index (χ1v) is 10.9. The van der Waals surface area contributed by atoms with Gasteiger partial charge in [-0.05, 0) is 69.2 Å².